The average molecular weight is 375 g/mol. The number of aryl methyl sites for hydroxylation is 1. The van der Waals surface area contributed by atoms with Gasteiger partial charge in [0.25, 0.3) is 0 Å². The molecule has 0 bridgehead atoms. The van der Waals surface area contributed by atoms with Gasteiger partial charge in [-0.3, -0.25) is 4.72 Å². The Morgan fingerprint density at radius 3 is 2.40 bits per heavy atom. The lowest BCUT2D eigenvalue weighted by molar-refractivity contribution is 0.600. The van der Waals surface area contributed by atoms with Crippen LogP contribution in [-0.4, -0.2) is 8.42 Å². The van der Waals surface area contributed by atoms with Crippen LogP contribution in [0.1, 0.15) is 11.1 Å². The molecule has 0 aliphatic carbocycles. The summed E-state index contributed by atoms with van der Waals surface area (Å²) in [5, 5.41) is 0.586. The molecule has 20 heavy (non-hydrogen) atoms. The summed E-state index contributed by atoms with van der Waals surface area (Å²) in [6.07, 6.45) is 0. The largest absolute Gasteiger partial charge is 0.283 e. The third kappa shape index (κ3) is 4.23. The highest BCUT2D eigenvalue weighted by Gasteiger charge is 2.12. The van der Waals surface area contributed by atoms with Crippen molar-refractivity contribution in [3.8, 4) is 0 Å². The average Bonchev–Trinajstić information content (AvgIpc) is 2.36. The Labute approximate surface area is 132 Å². The molecule has 1 N–H and O–H groups in total. The lowest BCUT2D eigenvalue weighted by atomic mass is 10.2. The zero-order valence-electron chi connectivity index (χ0n) is 10.7. The molecule has 0 saturated heterocycles. The topological polar surface area (TPSA) is 46.2 Å². The van der Waals surface area contributed by atoms with Gasteiger partial charge in [-0.15, -0.1) is 0 Å². The van der Waals surface area contributed by atoms with Crippen molar-refractivity contribution in [3.63, 3.8) is 0 Å². The Morgan fingerprint density at radius 1 is 1.15 bits per heavy atom. The fourth-order valence-corrected chi connectivity index (χ4v) is 3.29. The molecule has 0 aliphatic rings. The molecule has 2 aromatic carbocycles. The molecule has 0 spiro atoms. The van der Waals surface area contributed by atoms with Gasteiger partial charge in [-0.2, -0.15) is 0 Å². The fourth-order valence-electron chi connectivity index (χ4n) is 1.72. The summed E-state index contributed by atoms with van der Waals surface area (Å²) in [6, 6.07) is 12.1. The van der Waals surface area contributed by atoms with Crippen molar-refractivity contribution in [2.24, 2.45) is 0 Å². The van der Waals surface area contributed by atoms with Crippen LogP contribution >= 0.6 is 27.5 Å². The SMILES string of the molecule is Cc1cc(NS(=O)(=O)Cc2ccc(Cl)cc2)ccc1Br. The molecule has 0 atom stereocenters. The van der Waals surface area contributed by atoms with E-state index in [-0.39, 0.29) is 5.75 Å². The van der Waals surface area contributed by atoms with Crippen molar-refractivity contribution in [1.29, 1.82) is 0 Å². The Bertz CT molecular complexity index is 714. The maximum absolute atomic E-state index is 12.1. The lowest BCUT2D eigenvalue weighted by Gasteiger charge is -2.09. The van der Waals surface area contributed by atoms with Crippen molar-refractivity contribution in [2.75, 3.05) is 4.72 Å². The fraction of sp³-hybridized carbons (Fsp3) is 0.143. The molecule has 0 aliphatic heterocycles. The number of benzene rings is 2. The second kappa shape index (κ2) is 6.16. The Morgan fingerprint density at radius 2 is 1.80 bits per heavy atom. The van der Waals surface area contributed by atoms with Crippen LogP contribution in [-0.2, 0) is 15.8 Å². The van der Waals surface area contributed by atoms with Crippen molar-refractivity contribution >= 4 is 43.2 Å². The van der Waals surface area contributed by atoms with Crippen molar-refractivity contribution in [2.45, 2.75) is 12.7 Å². The summed E-state index contributed by atoms with van der Waals surface area (Å²) < 4.78 is 27.7. The zero-order valence-corrected chi connectivity index (χ0v) is 13.9. The van der Waals surface area contributed by atoms with E-state index >= 15 is 0 Å². The second-order valence-corrected chi connectivity index (χ2v) is 7.46. The molecule has 0 heterocycles. The molecule has 0 saturated carbocycles. The van der Waals surface area contributed by atoms with E-state index in [1.807, 2.05) is 13.0 Å². The van der Waals surface area contributed by atoms with Crippen molar-refractivity contribution in [1.82, 2.24) is 0 Å². The smallest absolute Gasteiger partial charge is 0.236 e. The number of hydrogen-bond acceptors (Lipinski definition) is 2. The van der Waals surface area contributed by atoms with Gasteiger partial charge in [0, 0.05) is 15.2 Å². The summed E-state index contributed by atoms with van der Waals surface area (Å²) in [4.78, 5) is 0. The molecule has 0 aromatic heterocycles. The molecule has 2 rings (SSSR count). The molecule has 0 amide bonds. The van der Waals surface area contributed by atoms with E-state index < -0.39 is 10.0 Å². The van der Waals surface area contributed by atoms with Gasteiger partial charge in [0.2, 0.25) is 10.0 Å². The van der Waals surface area contributed by atoms with E-state index in [2.05, 4.69) is 20.7 Å². The van der Waals surface area contributed by atoms with E-state index in [0.29, 0.717) is 16.3 Å². The minimum absolute atomic E-state index is 0.0840. The molecule has 0 fully saturated rings. The van der Waals surface area contributed by atoms with Gasteiger partial charge in [-0.1, -0.05) is 39.7 Å². The summed E-state index contributed by atoms with van der Waals surface area (Å²) in [6.45, 7) is 1.90. The first-order chi connectivity index (χ1) is 9.35. The third-order valence-electron chi connectivity index (χ3n) is 2.70. The number of halogens is 2. The Balaban J connectivity index is 2.14. The summed E-state index contributed by atoms with van der Waals surface area (Å²) in [7, 11) is -3.44. The van der Waals surface area contributed by atoms with Gasteiger partial charge in [-0.25, -0.2) is 8.42 Å². The highest BCUT2D eigenvalue weighted by molar-refractivity contribution is 9.10. The minimum atomic E-state index is -3.44. The van der Waals surface area contributed by atoms with Crippen molar-refractivity contribution in [3.05, 3.63) is 63.1 Å². The molecule has 0 unspecified atom stereocenters. The first-order valence-corrected chi connectivity index (χ1v) is 8.69. The zero-order chi connectivity index (χ0) is 14.8. The van der Waals surface area contributed by atoms with Crippen LogP contribution in [0.3, 0.4) is 0 Å². The first kappa shape index (κ1) is 15.4. The predicted octanol–water partition coefficient (Wildman–Crippen LogP) is 4.35. The summed E-state index contributed by atoms with van der Waals surface area (Å²) in [5.74, 6) is -0.0840. The second-order valence-electron chi connectivity index (χ2n) is 4.45. The van der Waals surface area contributed by atoms with Gasteiger partial charge in [0.1, 0.15) is 0 Å². The van der Waals surface area contributed by atoms with E-state index in [9.17, 15) is 8.42 Å². The predicted molar refractivity (Wildman–Crippen MR) is 86.6 cm³/mol. The van der Waals surface area contributed by atoms with Gasteiger partial charge in [0.15, 0.2) is 0 Å². The number of sulfonamides is 1. The minimum Gasteiger partial charge on any atom is -0.283 e. The molecule has 3 nitrogen and oxygen atoms in total. The molecular formula is C14H13BrClNO2S. The van der Waals surface area contributed by atoms with Gasteiger partial charge in [-0.05, 0) is 48.4 Å². The number of nitrogens with one attached hydrogen (secondary N) is 1. The molecular weight excluding hydrogens is 362 g/mol. The maximum atomic E-state index is 12.1. The molecule has 2 aromatic rings. The number of hydrogen-bond donors (Lipinski definition) is 1. The van der Waals surface area contributed by atoms with Gasteiger partial charge in [0.05, 0.1) is 5.75 Å². The van der Waals surface area contributed by atoms with Crippen LogP contribution in [0.5, 0.6) is 0 Å². The highest BCUT2D eigenvalue weighted by Crippen LogP contribution is 2.21. The lowest BCUT2D eigenvalue weighted by Crippen LogP contribution is -2.15. The highest BCUT2D eigenvalue weighted by atomic mass is 79.9. The standard InChI is InChI=1S/C14H13BrClNO2S/c1-10-8-13(6-7-14(10)15)17-20(18,19)9-11-2-4-12(16)5-3-11/h2-8,17H,9H2,1H3. The van der Waals surface area contributed by atoms with E-state index in [1.165, 1.54) is 0 Å². The van der Waals surface area contributed by atoms with Gasteiger partial charge < -0.3 is 0 Å². The summed E-state index contributed by atoms with van der Waals surface area (Å²) >= 11 is 9.16. The van der Waals surface area contributed by atoms with Crippen LogP contribution in [0.4, 0.5) is 5.69 Å². The van der Waals surface area contributed by atoms with Crippen molar-refractivity contribution < 1.29 is 8.42 Å². The van der Waals surface area contributed by atoms with E-state index in [0.717, 1.165) is 10.0 Å². The first-order valence-electron chi connectivity index (χ1n) is 5.87. The molecule has 6 heteroatoms. The third-order valence-corrected chi connectivity index (χ3v) is 5.10. The summed E-state index contributed by atoms with van der Waals surface area (Å²) in [5.41, 5.74) is 2.21. The molecule has 0 radical (unpaired) electrons. The number of rotatable bonds is 4. The normalized spacial score (nSPS) is 11.3. The quantitative estimate of drug-likeness (QED) is 0.864. The van der Waals surface area contributed by atoms with E-state index in [4.69, 9.17) is 11.6 Å². The van der Waals surface area contributed by atoms with Crippen LogP contribution in [0.15, 0.2) is 46.9 Å². The number of anilines is 1. The van der Waals surface area contributed by atoms with Crippen LogP contribution in [0.25, 0.3) is 0 Å². The monoisotopic (exact) mass is 373 g/mol. The Hall–Kier alpha value is -1.04. The Kier molecular flexibility index (Phi) is 4.73. The van der Waals surface area contributed by atoms with Crippen LogP contribution < -0.4 is 4.72 Å². The maximum Gasteiger partial charge on any atom is 0.236 e. The van der Waals surface area contributed by atoms with Crippen LogP contribution in [0, 0.1) is 6.92 Å². The molecule has 106 valence electrons. The van der Waals surface area contributed by atoms with E-state index in [1.54, 1.807) is 36.4 Å². The van der Waals surface area contributed by atoms with Gasteiger partial charge >= 0.3 is 0 Å². The van der Waals surface area contributed by atoms with Crippen LogP contribution in [0.2, 0.25) is 5.02 Å².